The van der Waals surface area contributed by atoms with E-state index >= 15 is 0 Å². The Bertz CT molecular complexity index is 3330. The van der Waals surface area contributed by atoms with Crippen LogP contribution < -0.4 is 65.2 Å². The van der Waals surface area contributed by atoms with Gasteiger partial charge in [0, 0.05) is 11.8 Å². The minimum Gasteiger partial charge on any atom is -1.00 e. The van der Waals surface area contributed by atoms with E-state index in [0.29, 0.717) is 0 Å². The van der Waals surface area contributed by atoms with Gasteiger partial charge in [-0.25, -0.2) is 0 Å². The first-order chi connectivity index (χ1) is 36.9. The van der Waals surface area contributed by atoms with E-state index in [4.69, 9.17) is 20.9 Å². The SMILES string of the molecule is COc1c[c-]c(C(N)(c2ccc(OC)cc2)C(N)C(C)C)cc1.Cc1cc(C)cc(P(c2cc(C)cc(C)c2)c2ccc3ccccc3c2-c2c(P(c3cc(C)cc(C)c3)c3cc(C)cc(C)c3)ccc3ccccc23)c1.[Cl-].[Ru+2]. The Morgan fingerprint density at radius 3 is 1.10 bits per heavy atom. The molecule has 0 saturated carbocycles. The average molecular weight is 1180 g/mol. The van der Waals surface area contributed by atoms with E-state index in [0.717, 1.165) is 22.6 Å². The number of hydrogen-bond donors (Lipinski definition) is 2. The van der Waals surface area contributed by atoms with Crippen LogP contribution in [0, 0.1) is 67.4 Å². The molecule has 4 N–H and O–H groups in total. The van der Waals surface area contributed by atoms with Crippen LogP contribution in [0.3, 0.4) is 0 Å². The number of fused-ring (bicyclic) bond motifs is 2. The van der Waals surface area contributed by atoms with Crippen LogP contribution in [-0.2, 0) is 25.0 Å². The molecule has 0 aliphatic heterocycles. The third-order valence-electron chi connectivity index (χ3n) is 14.7. The van der Waals surface area contributed by atoms with Crippen LogP contribution in [-0.4, -0.2) is 20.3 Å². The summed E-state index contributed by atoms with van der Waals surface area (Å²) in [7, 11) is 1.39. The number of rotatable bonds is 13. The van der Waals surface area contributed by atoms with Gasteiger partial charge in [-0.1, -0.05) is 216 Å². The molecule has 0 fully saturated rings. The van der Waals surface area contributed by atoms with Gasteiger partial charge in [0.2, 0.25) is 0 Å². The molecule has 0 aromatic heterocycles. The van der Waals surface area contributed by atoms with Crippen LogP contribution in [0.2, 0.25) is 0 Å². The number of ether oxygens (including phenoxy) is 2. The average Bonchev–Trinajstić information content (AvgIpc) is 3.52. The maximum Gasteiger partial charge on any atom is 2.00 e. The maximum absolute atomic E-state index is 6.83. The van der Waals surface area contributed by atoms with Crippen molar-refractivity contribution in [1.29, 1.82) is 0 Å². The van der Waals surface area contributed by atoms with Gasteiger partial charge < -0.3 is 33.3 Å². The number of hydrogen-bond acceptors (Lipinski definition) is 4. The molecule has 0 saturated heterocycles. The quantitative estimate of drug-likeness (QED) is 0.0686. The van der Waals surface area contributed by atoms with Crippen molar-refractivity contribution < 1.29 is 41.4 Å². The Labute approximate surface area is 492 Å². The van der Waals surface area contributed by atoms with Crippen molar-refractivity contribution in [3.8, 4) is 22.6 Å². The van der Waals surface area contributed by atoms with E-state index in [1.165, 1.54) is 109 Å². The third-order valence-corrected chi connectivity index (χ3v) is 19.5. The van der Waals surface area contributed by atoms with Crippen molar-refractivity contribution in [2.75, 3.05) is 14.2 Å². The fourth-order valence-corrected chi connectivity index (χ4v) is 17.0. The molecule has 0 aliphatic carbocycles. The van der Waals surface area contributed by atoms with Gasteiger partial charge in [0.1, 0.15) is 5.75 Å². The number of aryl methyl sites for hydroxylation is 8. The minimum atomic E-state index is -0.937. The summed E-state index contributed by atoms with van der Waals surface area (Å²) in [4.78, 5) is 0. The summed E-state index contributed by atoms with van der Waals surface area (Å²) < 4.78 is 10.4. The van der Waals surface area contributed by atoms with E-state index in [1.54, 1.807) is 20.3 Å². The summed E-state index contributed by atoms with van der Waals surface area (Å²) in [6, 6.07) is 72.9. The van der Waals surface area contributed by atoms with E-state index in [9.17, 15) is 0 Å². The summed E-state index contributed by atoms with van der Waals surface area (Å²) in [5.74, 6) is 1.73. The van der Waals surface area contributed by atoms with Crippen molar-refractivity contribution in [2.24, 2.45) is 17.4 Å². The van der Waals surface area contributed by atoms with Gasteiger partial charge in [0.25, 0.3) is 0 Å². The van der Waals surface area contributed by atoms with Crippen molar-refractivity contribution >= 4 is 69.2 Å². The molecule has 79 heavy (non-hydrogen) atoms. The summed E-state index contributed by atoms with van der Waals surface area (Å²) in [5.41, 5.74) is 27.5. The van der Waals surface area contributed by atoms with Crippen LogP contribution in [0.1, 0.15) is 69.5 Å². The van der Waals surface area contributed by atoms with E-state index in [1.807, 2.05) is 36.4 Å². The Morgan fingerprint density at radius 1 is 0.443 bits per heavy atom. The van der Waals surface area contributed by atoms with Crippen molar-refractivity contribution in [1.82, 2.24) is 0 Å². The molecule has 0 heterocycles. The first-order valence-electron chi connectivity index (χ1n) is 26.7. The molecule has 2 atom stereocenters. The predicted molar refractivity (Wildman–Crippen MR) is 335 cm³/mol. The first-order valence-corrected chi connectivity index (χ1v) is 29.4. The van der Waals surface area contributed by atoms with Gasteiger partial charge in [0.15, 0.2) is 0 Å². The monoisotopic (exact) mass is 1180 g/mol. The molecule has 404 valence electrons. The number of methoxy groups -OCH3 is 2. The molecule has 0 radical (unpaired) electrons. The molecule has 4 nitrogen and oxygen atoms in total. The molecule has 0 amide bonds. The molecule has 0 bridgehead atoms. The minimum absolute atomic E-state index is 0. The molecule has 10 rings (SSSR count). The summed E-state index contributed by atoms with van der Waals surface area (Å²) in [6.07, 6.45) is 0. The van der Waals surface area contributed by atoms with Crippen LogP contribution in [0.15, 0.2) is 188 Å². The van der Waals surface area contributed by atoms with E-state index in [2.05, 4.69) is 221 Å². The molecule has 0 spiro atoms. The van der Waals surface area contributed by atoms with Crippen molar-refractivity contribution in [2.45, 2.75) is 80.8 Å². The van der Waals surface area contributed by atoms with Gasteiger partial charge in [-0.15, -0.1) is 17.7 Å². The van der Waals surface area contributed by atoms with Crippen molar-refractivity contribution in [3.05, 3.63) is 250 Å². The Morgan fingerprint density at radius 2 is 0.785 bits per heavy atom. The Balaban J connectivity index is 0.000000305. The number of nitrogens with two attached hydrogens (primary N) is 2. The zero-order valence-electron chi connectivity index (χ0n) is 47.6. The second-order valence-electron chi connectivity index (χ2n) is 21.4. The molecule has 10 aromatic carbocycles. The molecule has 0 aliphatic rings. The second-order valence-corrected chi connectivity index (χ2v) is 25.8. The first kappa shape index (κ1) is 60.6. The Hall–Kier alpha value is -5.99. The van der Waals surface area contributed by atoms with E-state index in [-0.39, 0.29) is 43.8 Å². The normalized spacial score (nSPS) is 12.4. The topological polar surface area (TPSA) is 70.5 Å². The zero-order chi connectivity index (χ0) is 54.7. The zero-order valence-corrected chi connectivity index (χ0v) is 51.9. The van der Waals surface area contributed by atoms with E-state index < -0.39 is 21.4 Å². The molecule has 2 unspecified atom stereocenters. The van der Waals surface area contributed by atoms with Gasteiger partial charge >= 0.3 is 19.5 Å². The summed E-state index contributed by atoms with van der Waals surface area (Å²) >= 11 is 0. The van der Waals surface area contributed by atoms with Crippen LogP contribution >= 0.6 is 15.8 Å². The number of halogens is 1. The smallest absolute Gasteiger partial charge is 1.00 e. The van der Waals surface area contributed by atoms with Crippen molar-refractivity contribution in [3.63, 3.8) is 0 Å². The van der Waals surface area contributed by atoms with Gasteiger partial charge in [-0.3, -0.25) is 0 Å². The largest absolute Gasteiger partial charge is 2.00 e. The second kappa shape index (κ2) is 26.1. The van der Waals surface area contributed by atoms with Gasteiger partial charge in [0.05, 0.1) is 19.8 Å². The fraction of sp³-hybridized carbons (Fsp3) is 0.211. The van der Waals surface area contributed by atoms with Crippen LogP contribution in [0.25, 0.3) is 32.7 Å². The van der Waals surface area contributed by atoms with Crippen LogP contribution in [0.4, 0.5) is 0 Å². The Kier molecular flexibility index (Phi) is 20.0. The number of benzene rings is 10. The molecular weight excluding hydrogens is 1110 g/mol. The molecule has 10 aromatic rings. The van der Waals surface area contributed by atoms with Gasteiger partial charge in [-0.05, 0) is 159 Å². The predicted octanol–water partition coefficient (Wildman–Crippen LogP) is 11.3. The molecule has 8 heteroatoms. The molecular formula is C71H73ClN2O2P2Ru. The van der Waals surface area contributed by atoms with Crippen LogP contribution in [0.5, 0.6) is 11.5 Å². The fourth-order valence-electron chi connectivity index (χ4n) is 11.3. The maximum atomic E-state index is 6.83. The summed E-state index contributed by atoms with van der Waals surface area (Å²) in [6.45, 7) is 22.1. The van der Waals surface area contributed by atoms with Gasteiger partial charge in [-0.2, -0.15) is 12.1 Å². The third kappa shape index (κ3) is 13.1. The summed E-state index contributed by atoms with van der Waals surface area (Å²) in [5, 5.41) is 13.6. The standard InChI is InChI=1S/C52H48P2.C19H25N2O2.ClH.Ru/c1-33-21-34(2)26-43(25-33)53(44-27-35(3)22-36(4)28-44)49-19-17-41-13-9-11-15-47(41)51(49)52-48-16-12-10-14-42(48)18-20-50(52)54(45-29-37(5)23-38(6)30-45)46-31-39(7)24-40(8)32-46;1-13(2)18(20)19(21,14-5-9-16(22-3)10-6-14)15-7-11-17(23-4)12-8-15;;/h9-32H,1-8H3;5-7,9-13,18H,20-21H2,1-4H3;1H;/q;-1;;+2/p-1.